The Bertz CT molecular complexity index is 759. The Balaban J connectivity index is 0.00000182. The average molecular weight is 413 g/mol. The van der Waals surface area contributed by atoms with Crippen LogP contribution in [0, 0.1) is 17.0 Å². The molecule has 0 amide bonds. The molecular formula is C19H26Cl2N4O2. The third-order valence-electron chi connectivity index (χ3n) is 4.74. The summed E-state index contributed by atoms with van der Waals surface area (Å²) >= 11 is 0. The Morgan fingerprint density at radius 2 is 1.78 bits per heavy atom. The van der Waals surface area contributed by atoms with Gasteiger partial charge in [0.1, 0.15) is 5.69 Å². The van der Waals surface area contributed by atoms with E-state index in [0.29, 0.717) is 11.4 Å². The zero-order valence-corrected chi connectivity index (χ0v) is 17.0. The van der Waals surface area contributed by atoms with Gasteiger partial charge in [-0.25, -0.2) is 0 Å². The molecule has 0 spiro atoms. The van der Waals surface area contributed by atoms with Crippen molar-refractivity contribution < 1.29 is 4.92 Å². The summed E-state index contributed by atoms with van der Waals surface area (Å²) in [6.45, 7) is 6.13. The van der Waals surface area contributed by atoms with Gasteiger partial charge < -0.3 is 10.6 Å². The molecule has 0 unspecified atom stereocenters. The van der Waals surface area contributed by atoms with Crippen LogP contribution in [0.5, 0.6) is 0 Å². The summed E-state index contributed by atoms with van der Waals surface area (Å²) in [6.07, 6.45) is 0.970. The zero-order valence-electron chi connectivity index (χ0n) is 15.3. The van der Waals surface area contributed by atoms with Crippen molar-refractivity contribution in [1.82, 2.24) is 4.90 Å². The van der Waals surface area contributed by atoms with E-state index in [4.69, 9.17) is 5.73 Å². The SMILES string of the molecule is Cc1cc([N+](=O)[O-])c(N2CCCN(Cc3ccccc3)CC2)cc1N.Cl.Cl. The van der Waals surface area contributed by atoms with Crippen LogP contribution < -0.4 is 10.6 Å². The Morgan fingerprint density at radius 3 is 2.44 bits per heavy atom. The Hall–Kier alpha value is -2.02. The first-order valence-corrected chi connectivity index (χ1v) is 8.60. The van der Waals surface area contributed by atoms with E-state index in [0.717, 1.165) is 44.7 Å². The lowest BCUT2D eigenvalue weighted by Gasteiger charge is -2.24. The van der Waals surface area contributed by atoms with Crippen molar-refractivity contribution in [2.45, 2.75) is 19.9 Å². The van der Waals surface area contributed by atoms with E-state index in [1.165, 1.54) is 5.56 Å². The molecule has 6 nitrogen and oxygen atoms in total. The summed E-state index contributed by atoms with van der Waals surface area (Å²) < 4.78 is 0. The maximum absolute atomic E-state index is 11.4. The van der Waals surface area contributed by atoms with E-state index in [2.05, 4.69) is 34.1 Å². The van der Waals surface area contributed by atoms with Crippen LogP contribution in [0.1, 0.15) is 17.5 Å². The molecule has 0 aromatic heterocycles. The molecule has 8 heteroatoms. The van der Waals surface area contributed by atoms with E-state index < -0.39 is 0 Å². The molecule has 2 N–H and O–H groups in total. The summed E-state index contributed by atoms with van der Waals surface area (Å²) in [5.41, 5.74) is 9.42. The monoisotopic (exact) mass is 412 g/mol. The number of aryl methyl sites for hydroxylation is 1. The van der Waals surface area contributed by atoms with Crippen molar-refractivity contribution in [3.8, 4) is 0 Å². The van der Waals surface area contributed by atoms with E-state index >= 15 is 0 Å². The van der Waals surface area contributed by atoms with Crippen molar-refractivity contribution in [3.05, 3.63) is 63.7 Å². The number of benzene rings is 2. The molecular weight excluding hydrogens is 387 g/mol. The first-order valence-electron chi connectivity index (χ1n) is 8.60. The number of nitrogens with zero attached hydrogens (tertiary/aromatic N) is 3. The van der Waals surface area contributed by atoms with Gasteiger partial charge in [-0.3, -0.25) is 15.0 Å². The molecule has 1 saturated heterocycles. The fourth-order valence-electron chi connectivity index (χ4n) is 3.31. The third-order valence-corrected chi connectivity index (χ3v) is 4.74. The number of hydrogen-bond acceptors (Lipinski definition) is 5. The lowest BCUT2D eigenvalue weighted by atomic mass is 10.1. The molecule has 2 aromatic carbocycles. The van der Waals surface area contributed by atoms with Gasteiger partial charge >= 0.3 is 0 Å². The topological polar surface area (TPSA) is 75.6 Å². The number of nitro groups is 1. The van der Waals surface area contributed by atoms with Crippen LogP contribution in [-0.2, 0) is 6.54 Å². The summed E-state index contributed by atoms with van der Waals surface area (Å²) in [5, 5.41) is 11.4. The molecule has 0 bridgehead atoms. The Morgan fingerprint density at radius 1 is 1.07 bits per heavy atom. The van der Waals surface area contributed by atoms with Crippen molar-refractivity contribution >= 4 is 41.9 Å². The fourth-order valence-corrected chi connectivity index (χ4v) is 3.31. The minimum absolute atomic E-state index is 0. The Labute approximate surface area is 172 Å². The summed E-state index contributed by atoms with van der Waals surface area (Å²) in [6, 6.07) is 13.7. The molecule has 2 aromatic rings. The van der Waals surface area contributed by atoms with Crippen LogP contribution in [0.25, 0.3) is 0 Å². The number of nitro benzene ring substituents is 1. The standard InChI is InChI=1S/C19H24N4O2.2ClH/c1-15-12-19(23(24)25)18(13-17(15)20)22-9-5-8-21(10-11-22)14-16-6-3-2-4-7-16;;/h2-4,6-7,12-13H,5,8-11,14,20H2,1H3;2*1H. The third kappa shape index (κ3) is 5.73. The highest BCUT2D eigenvalue weighted by molar-refractivity contribution is 5.85. The zero-order chi connectivity index (χ0) is 17.8. The minimum atomic E-state index is -0.311. The molecule has 0 aliphatic carbocycles. The Kier molecular flexibility index (Phi) is 8.82. The largest absolute Gasteiger partial charge is 0.398 e. The van der Waals surface area contributed by atoms with Crippen molar-refractivity contribution in [3.63, 3.8) is 0 Å². The van der Waals surface area contributed by atoms with E-state index in [-0.39, 0.29) is 35.4 Å². The van der Waals surface area contributed by atoms with Gasteiger partial charge in [-0.1, -0.05) is 30.3 Å². The minimum Gasteiger partial charge on any atom is -0.398 e. The molecule has 0 saturated carbocycles. The van der Waals surface area contributed by atoms with E-state index in [9.17, 15) is 10.1 Å². The van der Waals surface area contributed by atoms with Crippen LogP contribution in [0.15, 0.2) is 42.5 Å². The highest BCUT2D eigenvalue weighted by Crippen LogP contribution is 2.33. The second-order valence-corrected chi connectivity index (χ2v) is 6.56. The average Bonchev–Trinajstić information content (AvgIpc) is 2.83. The van der Waals surface area contributed by atoms with Crippen LogP contribution in [0.4, 0.5) is 17.1 Å². The number of rotatable bonds is 4. The number of nitrogens with two attached hydrogens (primary N) is 1. The lowest BCUT2D eigenvalue weighted by Crippen LogP contribution is -2.31. The molecule has 3 rings (SSSR count). The van der Waals surface area contributed by atoms with Gasteiger partial charge in [0.05, 0.1) is 4.92 Å². The second kappa shape index (κ2) is 10.3. The van der Waals surface area contributed by atoms with Crippen LogP contribution in [-0.4, -0.2) is 36.0 Å². The van der Waals surface area contributed by atoms with Crippen molar-refractivity contribution in [2.75, 3.05) is 36.8 Å². The molecule has 1 heterocycles. The first kappa shape index (κ1) is 23.0. The molecule has 27 heavy (non-hydrogen) atoms. The molecule has 1 aliphatic rings. The number of halogens is 2. The number of hydrogen-bond donors (Lipinski definition) is 1. The van der Waals surface area contributed by atoms with Gasteiger partial charge in [-0.05, 0) is 30.5 Å². The van der Waals surface area contributed by atoms with E-state index in [1.54, 1.807) is 19.1 Å². The quantitative estimate of drug-likeness (QED) is 0.465. The maximum atomic E-state index is 11.4. The van der Waals surface area contributed by atoms with Crippen molar-refractivity contribution in [2.24, 2.45) is 0 Å². The lowest BCUT2D eigenvalue weighted by molar-refractivity contribution is -0.384. The van der Waals surface area contributed by atoms with Gasteiger partial charge in [0.25, 0.3) is 5.69 Å². The van der Waals surface area contributed by atoms with Crippen LogP contribution >= 0.6 is 24.8 Å². The molecule has 0 atom stereocenters. The fraction of sp³-hybridized carbons (Fsp3) is 0.368. The van der Waals surface area contributed by atoms with Gasteiger partial charge in [0.2, 0.25) is 0 Å². The van der Waals surface area contributed by atoms with Crippen molar-refractivity contribution in [1.29, 1.82) is 0 Å². The van der Waals surface area contributed by atoms with Gasteiger partial charge in [0.15, 0.2) is 0 Å². The summed E-state index contributed by atoms with van der Waals surface area (Å²) in [5.74, 6) is 0. The van der Waals surface area contributed by atoms with Crippen LogP contribution in [0.3, 0.4) is 0 Å². The summed E-state index contributed by atoms with van der Waals surface area (Å²) in [4.78, 5) is 15.6. The molecule has 1 fully saturated rings. The van der Waals surface area contributed by atoms with Crippen LogP contribution in [0.2, 0.25) is 0 Å². The molecule has 148 valence electrons. The molecule has 0 radical (unpaired) electrons. The highest BCUT2D eigenvalue weighted by atomic mass is 35.5. The molecule has 1 aliphatic heterocycles. The predicted molar refractivity (Wildman–Crippen MR) is 115 cm³/mol. The van der Waals surface area contributed by atoms with Gasteiger partial charge in [-0.2, -0.15) is 0 Å². The number of anilines is 2. The van der Waals surface area contributed by atoms with E-state index in [1.807, 2.05) is 6.07 Å². The second-order valence-electron chi connectivity index (χ2n) is 6.56. The van der Waals surface area contributed by atoms with Gasteiger partial charge in [-0.15, -0.1) is 24.8 Å². The predicted octanol–water partition coefficient (Wildman–Crippen LogP) is 4.04. The number of nitrogen functional groups attached to an aromatic ring is 1. The smallest absolute Gasteiger partial charge is 0.292 e. The van der Waals surface area contributed by atoms with Gasteiger partial charge in [0, 0.05) is 44.5 Å². The maximum Gasteiger partial charge on any atom is 0.292 e. The normalized spacial score (nSPS) is 14.6. The summed E-state index contributed by atoms with van der Waals surface area (Å²) in [7, 11) is 0. The first-order chi connectivity index (χ1) is 12.0. The highest BCUT2D eigenvalue weighted by Gasteiger charge is 2.23.